The molecule has 0 atom stereocenters. The molecular formula is C15H13BrN2OS. The number of benzene rings is 2. The van der Waals surface area contributed by atoms with E-state index in [0.717, 1.165) is 31.3 Å². The van der Waals surface area contributed by atoms with Gasteiger partial charge in [-0.05, 0) is 58.7 Å². The maximum absolute atomic E-state index is 5.24. The smallest absolute Gasteiger partial charge is 0.188 e. The molecule has 102 valence electrons. The van der Waals surface area contributed by atoms with Crippen LogP contribution in [-0.2, 0) is 0 Å². The first-order valence-electron chi connectivity index (χ1n) is 6.13. The third-order valence-corrected chi connectivity index (χ3v) is 4.58. The van der Waals surface area contributed by atoms with Crippen LogP contribution >= 0.6 is 27.3 Å². The Morgan fingerprint density at radius 2 is 2.05 bits per heavy atom. The fourth-order valence-electron chi connectivity index (χ4n) is 1.94. The lowest BCUT2D eigenvalue weighted by atomic mass is 10.2. The number of hydrogen-bond acceptors (Lipinski definition) is 4. The second-order valence-corrected chi connectivity index (χ2v) is 6.35. The minimum atomic E-state index is 0.851. The number of fused-ring (bicyclic) bond motifs is 1. The van der Waals surface area contributed by atoms with Gasteiger partial charge in [0.05, 0.1) is 23.0 Å². The highest BCUT2D eigenvalue weighted by molar-refractivity contribution is 9.10. The van der Waals surface area contributed by atoms with Gasteiger partial charge < -0.3 is 10.1 Å². The monoisotopic (exact) mass is 348 g/mol. The Balaban J connectivity index is 1.96. The standard InChI is InChI=1S/C15H13BrN2OS/c1-9-3-5-11(16)13(7-9)18-15-17-12-6-4-10(19-2)8-14(12)20-15/h3-8H,1-2H3,(H,17,18). The summed E-state index contributed by atoms with van der Waals surface area (Å²) < 4.78 is 7.37. The van der Waals surface area contributed by atoms with Crippen molar-refractivity contribution in [2.45, 2.75) is 6.92 Å². The van der Waals surface area contributed by atoms with Crippen molar-refractivity contribution < 1.29 is 4.74 Å². The average Bonchev–Trinajstić information content (AvgIpc) is 2.84. The second-order valence-electron chi connectivity index (χ2n) is 4.46. The third-order valence-electron chi connectivity index (χ3n) is 2.96. The number of aryl methyl sites for hydroxylation is 1. The van der Waals surface area contributed by atoms with Gasteiger partial charge in [-0.3, -0.25) is 0 Å². The number of thiazole rings is 1. The summed E-state index contributed by atoms with van der Waals surface area (Å²) in [6.07, 6.45) is 0. The van der Waals surface area contributed by atoms with E-state index in [2.05, 4.69) is 45.3 Å². The zero-order valence-corrected chi connectivity index (χ0v) is 13.5. The molecule has 0 spiro atoms. The van der Waals surface area contributed by atoms with Gasteiger partial charge in [0.25, 0.3) is 0 Å². The molecule has 20 heavy (non-hydrogen) atoms. The highest BCUT2D eigenvalue weighted by Gasteiger charge is 2.07. The normalized spacial score (nSPS) is 10.8. The van der Waals surface area contributed by atoms with Crippen LogP contribution in [0.1, 0.15) is 5.56 Å². The molecule has 0 fully saturated rings. The van der Waals surface area contributed by atoms with Gasteiger partial charge in [0.15, 0.2) is 5.13 Å². The number of halogens is 1. The molecule has 2 aromatic carbocycles. The number of ether oxygens (including phenoxy) is 1. The van der Waals surface area contributed by atoms with Crippen molar-refractivity contribution >= 4 is 48.3 Å². The SMILES string of the molecule is COc1ccc2nc(Nc3cc(C)ccc3Br)sc2c1. The van der Waals surface area contributed by atoms with Gasteiger partial charge in [-0.2, -0.15) is 0 Å². The van der Waals surface area contributed by atoms with Crippen molar-refractivity contribution in [1.82, 2.24) is 4.98 Å². The van der Waals surface area contributed by atoms with E-state index < -0.39 is 0 Å². The quantitative estimate of drug-likeness (QED) is 0.713. The highest BCUT2D eigenvalue weighted by Crippen LogP contribution is 2.33. The topological polar surface area (TPSA) is 34.1 Å². The molecule has 0 aliphatic carbocycles. The molecule has 0 radical (unpaired) electrons. The van der Waals surface area contributed by atoms with Gasteiger partial charge in [-0.15, -0.1) is 0 Å². The Kier molecular flexibility index (Phi) is 3.63. The minimum absolute atomic E-state index is 0.851. The molecule has 1 aromatic heterocycles. The molecule has 3 nitrogen and oxygen atoms in total. The summed E-state index contributed by atoms with van der Waals surface area (Å²) in [6, 6.07) is 12.1. The van der Waals surface area contributed by atoms with Crippen LogP contribution in [0.3, 0.4) is 0 Å². The number of nitrogens with zero attached hydrogens (tertiary/aromatic N) is 1. The number of hydrogen-bond donors (Lipinski definition) is 1. The Labute approximate surface area is 129 Å². The first kappa shape index (κ1) is 13.4. The highest BCUT2D eigenvalue weighted by atomic mass is 79.9. The first-order valence-corrected chi connectivity index (χ1v) is 7.74. The van der Waals surface area contributed by atoms with E-state index in [9.17, 15) is 0 Å². The van der Waals surface area contributed by atoms with Crippen molar-refractivity contribution in [3.8, 4) is 5.75 Å². The Hall–Kier alpha value is -1.59. The molecule has 1 heterocycles. The lowest BCUT2D eigenvalue weighted by Gasteiger charge is -2.06. The summed E-state index contributed by atoms with van der Waals surface area (Å²) in [6.45, 7) is 2.07. The van der Waals surface area contributed by atoms with Crippen molar-refractivity contribution in [2.24, 2.45) is 0 Å². The Bertz CT molecular complexity index is 770. The molecular weight excluding hydrogens is 336 g/mol. The van der Waals surface area contributed by atoms with Crippen LogP contribution in [0.4, 0.5) is 10.8 Å². The van der Waals surface area contributed by atoms with Crippen molar-refractivity contribution in [3.63, 3.8) is 0 Å². The van der Waals surface area contributed by atoms with Gasteiger partial charge in [0, 0.05) is 4.47 Å². The lowest BCUT2D eigenvalue weighted by molar-refractivity contribution is 0.415. The minimum Gasteiger partial charge on any atom is -0.497 e. The molecule has 3 rings (SSSR count). The number of methoxy groups -OCH3 is 1. The summed E-state index contributed by atoms with van der Waals surface area (Å²) in [5.74, 6) is 0.851. The maximum Gasteiger partial charge on any atom is 0.188 e. The predicted molar refractivity (Wildman–Crippen MR) is 88.3 cm³/mol. The maximum atomic E-state index is 5.24. The van der Waals surface area contributed by atoms with E-state index in [1.807, 2.05) is 24.3 Å². The first-order chi connectivity index (χ1) is 9.65. The van der Waals surface area contributed by atoms with E-state index in [4.69, 9.17) is 4.74 Å². The largest absolute Gasteiger partial charge is 0.497 e. The van der Waals surface area contributed by atoms with Gasteiger partial charge in [0.1, 0.15) is 5.75 Å². The number of nitrogens with one attached hydrogen (secondary N) is 1. The number of rotatable bonds is 3. The van der Waals surface area contributed by atoms with Gasteiger partial charge in [0.2, 0.25) is 0 Å². The molecule has 0 aliphatic rings. The summed E-state index contributed by atoms with van der Waals surface area (Å²) in [4.78, 5) is 4.59. The van der Waals surface area contributed by atoms with Gasteiger partial charge in [-0.25, -0.2) is 4.98 Å². The molecule has 0 unspecified atom stereocenters. The molecule has 0 aliphatic heterocycles. The summed E-state index contributed by atoms with van der Waals surface area (Å²) in [7, 11) is 1.67. The van der Waals surface area contributed by atoms with Crippen LogP contribution in [-0.4, -0.2) is 12.1 Å². The van der Waals surface area contributed by atoms with E-state index in [1.165, 1.54) is 5.56 Å². The average molecular weight is 349 g/mol. The van der Waals surface area contributed by atoms with E-state index in [0.29, 0.717) is 0 Å². The van der Waals surface area contributed by atoms with Crippen LogP contribution in [0.5, 0.6) is 5.75 Å². The van der Waals surface area contributed by atoms with Crippen LogP contribution in [0, 0.1) is 6.92 Å². The van der Waals surface area contributed by atoms with E-state index >= 15 is 0 Å². The number of anilines is 2. The van der Waals surface area contributed by atoms with Crippen molar-refractivity contribution in [2.75, 3.05) is 12.4 Å². The van der Waals surface area contributed by atoms with E-state index in [1.54, 1.807) is 18.4 Å². The molecule has 3 aromatic rings. The van der Waals surface area contributed by atoms with Crippen LogP contribution < -0.4 is 10.1 Å². The summed E-state index contributed by atoms with van der Waals surface area (Å²) in [5, 5.41) is 4.23. The fraction of sp³-hybridized carbons (Fsp3) is 0.133. The van der Waals surface area contributed by atoms with Crippen molar-refractivity contribution in [1.29, 1.82) is 0 Å². The Morgan fingerprint density at radius 3 is 2.85 bits per heavy atom. The third kappa shape index (κ3) is 2.64. The van der Waals surface area contributed by atoms with Crippen LogP contribution in [0.25, 0.3) is 10.2 Å². The zero-order chi connectivity index (χ0) is 14.1. The molecule has 0 amide bonds. The molecule has 0 saturated carbocycles. The molecule has 0 saturated heterocycles. The fourth-order valence-corrected chi connectivity index (χ4v) is 3.19. The molecule has 1 N–H and O–H groups in total. The zero-order valence-electron chi connectivity index (χ0n) is 11.1. The summed E-state index contributed by atoms with van der Waals surface area (Å²) >= 11 is 5.16. The Morgan fingerprint density at radius 1 is 1.20 bits per heavy atom. The van der Waals surface area contributed by atoms with Gasteiger partial charge >= 0.3 is 0 Å². The molecule has 5 heteroatoms. The van der Waals surface area contributed by atoms with Crippen molar-refractivity contribution in [3.05, 3.63) is 46.4 Å². The second kappa shape index (κ2) is 5.42. The van der Waals surface area contributed by atoms with Crippen LogP contribution in [0.15, 0.2) is 40.9 Å². The number of aromatic nitrogens is 1. The lowest BCUT2D eigenvalue weighted by Crippen LogP contribution is -1.91. The predicted octanol–water partition coefficient (Wildman–Crippen LogP) is 5.12. The summed E-state index contributed by atoms with van der Waals surface area (Å²) in [5.41, 5.74) is 3.21. The van der Waals surface area contributed by atoms with Gasteiger partial charge in [-0.1, -0.05) is 17.4 Å². The van der Waals surface area contributed by atoms with Crippen LogP contribution in [0.2, 0.25) is 0 Å². The molecule has 0 bridgehead atoms. The van der Waals surface area contributed by atoms with E-state index in [-0.39, 0.29) is 0 Å².